The van der Waals surface area contributed by atoms with Crippen LogP contribution in [0.3, 0.4) is 0 Å². The van der Waals surface area contributed by atoms with Crippen molar-refractivity contribution in [2.75, 3.05) is 6.54 Å². The summed E-state index contributed by atoms with van der Waals surface area (Å²) in [7, 11) is 0. The Labute approximate surface area is 150 Å². The maximum atomic E-state index is 7.36. The smallest absolute Gasteiger partial charge is 0.677 e. The number of fused-ring (bicyclic) bond motifs is 1. The fourth-order valence-corrected chi connectivity index (χ4v) is 2.33. The predicted octanol–water partition coefficient (Wildman–Crippen LogP) is 4.86. The Kier molecular flexibility index (Phi) is 9.36. The van der Waals surface area contributed by atoms with E-state index in [9.17, 15) is 0 Å². The summed E-state index contributed by atoms with van der Waals surface area (Å²) in [6.45, 7) is 0.979. The summed E-state index contributed by atoms with van der Waals surface area (Å²) in [5.41, 5.74) is 10.8. The van der Waals surface area contributed by atoms with Crippen LogP contribution < -0.4 is 4.74 Å². The molecule has 4 heteroatoms. The van der Waals surface area contributed by atoms with E-state index in [1.807, 2.05) is 36.5 Å². The summed E-state index contributed by atoms with van der Waals surface area (Å²) >= 11 is 0. The standard InChI is InChI=1S/C17H17N2O.2CH3.Al/c18-9-8-14-11-19-17-7-6-15(10-16(14)17)20-12-13-4-2-1-3-5-13;;;/h1-7,10-11,18-19H,8-9,12H2;2*1H3;/q3*-1;+3. The number of benzene rings is 2. The van der Waals surface area contributed by atoms with Crippen LogP contribution in [0.1, 0.15) is 11.1 Å². The molecule has 0 unspecified atom stereocenters. The third-order valence-corrected chi connectivity index (χ3v) is 3.38. The van der Waals surface area contributed by atoms with Gasteiger partial charge < -0.3 is 30.3 Å². The zero-order valence-electron chi connectivity index (χ0n) is 13.8. The molecule has 0 atom stereocenters. The van der Waals surface area contributed by atoms with Crippen LogP contribution in [-0.2, 0) is 13.0 Å². The van der Waals surface area contributed by atoms with Crippen molar-refractivity contribution in [1.29, 1.82) is 0 Å². The maximum absolute atomic E-state index is 7.36. The van der Waals surface area contributed by atoms with Gasteiger partial charge in [-0.3, -0.25) is 0 Å². The van der Waals surface area contributed by atoms with Crippen LogP contribution in [0.2, 0.25) is 0 Å². The fourth-order valence-electron chi connectivity index (χ4n) is 2.33. The SMILES string of the molecule is [Al+3].[CH3-].[CH3-].[NH-]CCc1c[nH]c2ccc(OCc3ccccc3)cc12. The number of aromatic amines is 1. The first-order chi connectivity index (χ1) is 9.86. The van der Waals surface area contributed by atoms with Crippen molar-refractivity contribution in [3.63, 3.8) is 0 Å². The Morgan fingerprint density at radius 1 is 1.00 bits per heavy atom. The Balaban J connectivity index is 0.00000161. The van der Waals surface area contributed by atoms with Crippen LogP contribution in [0.15, 0.2) is 54.7 Å². The van der Waals surface area contributed by atoms with Gasteiger partial charge in [-0.25, -0.2) is 0 Å². The Hall–Kier alpha value is -1.73. The van der Waals surface area contributed by atoms with Gasteiger partial charge in [0.2, 0.25) is 0 Å². The molecule has 0 spiro atoms. The van der Waals surface area contributed by atoms with Crippen LogP contribution in [0.5, 0.6) is 5.75 Å². The van der Waals surface area contributed by atoms with E-state index in [0.717, 1.165) is 28.6 Å². The molecule has 3 rings (SSSR count). The molecule has 1 aromatic heterocycles. The number of ether oxygens (including phenoxy) is 1. The fraction of sp³-hybridized carbons (Fsp3) is 0.158. The van der Waals surface area contributed by atoms with E-state index in [1.165, 1.54) is 5.56 Å². The van der Waals surface area contributed by atoms with E-state index in [4.69, 9.17) is 10.5 Å². The number of rotatable bonds is 5. The first-order valence-corrected chi connectivity index (χ1v) is 6.78. The summed E-state index contributed by atoms with van der Waals surface area (Å²) in [5.74, 6) is 0.868. The Morgan fingerprint density at radius 3 is 2.43 bits per heavy atom. The molecule has 0 radical (unpaired) electrons. The number of hydrogen-bond acceptors (Lipinski definition) is 1. The molecule has 118 valence electrons. The molecular formula is C19H23AlN2O. The minimum Gasteiger partial charge on any atom is -0.677 e. The topological polar surface area (TPSA) is 48.8 Å². The van der Waals surface area contributed by atoms with Crippen LogP contribution in [-0.4, -0.2) is 28.9 Å². The van der Waals surface area contributed by atoms with E-state index in [-0.39, 0.29) is 32.2 Å². The molecule has 1 heterocycles. The van der Waals surface area contributed by atoms with Crippen LogP contribution in [0.4, 0.5) is 0 Å². The first-order valence-electron chi connectivity index (χ1n) is 6.78. The molecular weight excluding hydrogens is 299 g/mol. The summed E-state index contributed by atoms with van der Waals surface area (Å²) in [5, 5.41) is 1.16. The summed E-state index contributed by atoms with van der Waals surface area (Å²) < 4.78 is 5.84. The molecule has 3 nitrogen and oxygen atoms in total. The van der Waals surface area contributed by atoms with Gasteiger partial charge in [-0.1, -0.05) is 30.3 Å². The molecule has 0 amide bonds. The molecule has 0 aliphatic rings. The number of hydrogen-bond donors (Lipinski definition) is 1. The van der Waals surface area contributed by atoms with E-state index < -0.39 is 0 Å². The Bertz CT molecular complexity index is 695. The molecule has 0 saturated heterocycles. The Morgan fingerprint density at radius 2 is 1.74 bits per heavy atom. The largest absolute Gasteiger partial charge is 3.00 e. The molecule has 3 aromatic rings. The van der Waals surface area contributed by atoms with Gasteiger partial charge in [0.1, 0.15) is 12.4 Å². The van der Waals surface area contributed by atoms with E-state index >= 15 is 0 Å². The van der Waals surface area contributed by atoms with Gasteiger partial charge in [0, 0.05) is 17.1 Å². The average molecular weight is 322 g/mol. The maximum Gasteiger partial charge on any atom is 3.00 e. The first kappa shape index (κ1) is 21.3. The van der Waals surface area contributed by atoms with Crippen LogP contribution >= 0.6 is 0 Å². The van der Waals surface area contributed by atoms with Crippen LogP contribution in [0.25, 0.3) is 16.6 Å². The second kappa shape index (κ2) is 10.1. The van der Waals surface area contributed by atoms with E-state index in [0.29, 0.717) is 13.2 Å². The van der Waals surface area contributed by atoms with Crippen molar-refractivity contribution in [2.45, 2.75) is 13.0 Å². The second-order valence-electron chi connectivity index (χ2n) is 4.80. The zero-order chi connectivity index (χ0) is 13.8. The summed E-state index contributed by atoms with van der Waals surface area (Å²) in [6.07, 6.45) is 2.75. The molecule has 0 saturated carbocycles. The quantitative estimate of drug-likeness (QED) is 0.529. The monoisotopic (exact) mass is 322 g/mol. The molecule has 2 N–H and O–H groups in total. The molecule has 0 bridgehead atoms. The van der Waals surface area contributed by atoms with E-state index in [1.54, 1.807) is 0 Å². The van der Waals surface area contributed by atoms with E-state index in [2.05, 4.69) is 23.2 Å². The normalized spacial score (nSPS) is 9.43. The molecule has 2 aromatic carbocycles. The summed E-state index contributed by atoms with van der Waals surface area (Å²) in [4.78, 5) is 3.24. The van der Waals surface area contributed by atoms with Gasteiger partial charge >= 0.3 is 17.4 Å². The van der Waals surface area contributed by atoms with Gasteiger partial charge in [0.05, 0.1) is 0 Å². The van der Waals surface area contributed by atoms with Gasteiger partial charge in [0.25, 0.3) is 0 Å². The predicted molar refractivity (Wildman–Crippen MR) is 101 cm³/mol. The molecule has 0 aliphatic heterocycles. The third kappa shape index (κ3) is 5.14. The second-order valence-corrected chi connectivity index (χ2v) is 4.80. The van der Waals surface area contributed by atoms with Crippen molar-refractivity contribution < 1.29 is 4.74 Å². The van der Waals surface area contributed by atoms with Crippen molar-refractivity contribution in [3.8, 4) is 5.75 Å². The number of nitrogens with one attached hydrogen (secondary N) is 2. The number of H-pyrrole nitrogens is 1. The number of aromatic nitrogens is 1. The zero-order valence-corrected chi connectivity index (χ0v) is 15.0. The molecule has 0 aliphatic carbocycles. The molecule has 23 heavy (non-hydrogen) atoms. The van der Waals surface area contributed by atoms with Crippen molar-refractivity contribution in [2.24, 2.45) is 0 Å². The van der Waals surface area contributed by atoms with Crippen LogP contribution in [0, 0.1) is 14.9 Å². The van der Waals surface area contributed by atoms with Crippen molar-refractivity contribution in [1.82, 2.24) is 4.98 Å². The van der Waals surface area contributed by atoms with Gasteiger partial charge in [-0.05, 0) is 35.7 Å². The van der Waals surface area contributed by atoms with Crippen molar-refractivity contribution in [3.05, 3.63) is 86.4 Å². The van der Waals surface area contributed by atoms with Gasteiger partial charge in [-0.2, -0.15) is 0 Å². The summed E-state index contributed by atoms with van der Waals surface area (Å²) in [6, 6.07) is 16.2. The third-order valence-electron chi connectivity index (χ3n) is 3.38. The van der Waals surface area contributed by atoms with Crippen molar-refractivity contribution >= 4 is 28.3 Å². The average Bonchev–Trinajstić information content (AvgIpc) is 2.89. The van der Waals surface area contributed by atoms with Gasteiger partial charge in [0.15, 0.2) is 0 Å². The molecule has 0 fully saturated rings. The minimum atomic E-state index is 0. The minimum absolute atomic E-state index is 0. The van der Waals surface area contributed by atoms with Gasteiger partial charge in [-0.15, -0.1) is 6.54 Å².